The number of nitrogens with one attached hydrogen (secondary N) is 3. The van der Waals surface area contributed by atoms with E-state index in [9.17, 15) is 19.2 Å². The van der Waals surface area contributed by atoms with Gasteiger partial charge in [-0.1, -0.05) is 25.1 Å². The van der Waals surface area contributed by atoms with Crippen LogP contribution in [0.3, 0.4) is 0 Å². The molecule has 1 aromatic heterocycles. The fourth-order valence-electron chi connectivity index (χ4n) is 9.84. The summed E-state index contributed by atoms with van der Waals surface area (Å²) in [6.45, 7) is 7.98. The lowest BCUT2D eigenvalue weighted by Gasteiger charge is -2.34. The van der Waals surface area contributed by atoms with Crippen LogP contribution in [0.4, 0.5) is 15.3 Å². The zero-order valence-electron chi connectivity index (χ0n) is 37.2. The number of aliphatic imine (C=N–C) groups is 1. The highest BCUT2D eigenvalue weighted by atomic mass is 16.5. The molecule has 3 N–H and O–H groups in total. The van der Waals surface area contributed by atoms with Gasteiger partial charge in [0.1, 0.15) is 30.3 Å². The minimum atomic E-state index is -0.925. The van der Waals surface area contributed by atoms with Gasteiger partial charge in [0.05, 0.1) is 56.1 Å². The Bertz CT molecular complexity index is 2450. The number of alkyl carbamates (subject to hydrolysis) is 2. The molecule has 0 radical (unpaired) electrons. The van der Waals surface area contributed by atoms with E-state index in [1.54, 1.807) is 13.8 Å². The van der Waals surface area contributed by atoms with Crippen molar-refractivity contribution in [2.24, 2.45) is 4.99 Å². The van der Waals surface area contributed by atoms with Crippen molar-refractivity contribution in [1.82, 2.24) is 30.4 Å². The second kappa shape index (κ2) is 18.0. The van der Waals surface area contributed by atoms with Crippen LogP contribution in [0.1, 0.15) is 82.8 Å². The molecule has 3 aromatic carbocycles. The number of nitrogens with zero attached hydrogens (tertiary/aromatic N) is 4. The van der Waals surface area contributed by atoms with Crippen molar-refractivity contribution >= 4 is 46.2 Å². The molecule has 2 saturated heterocycles. The number of carbonyl (C=O) groups is 4. The number of hydrogen-bond acceptors (Lipinski definition) is 11. The fourth-order valence-corrected chi connectivity index (χ4v) is 9.84. The second-order valence-corrected chi connectivity index (χ2v) is 17.0. The molecular formula is C47H57N7O9. The molecule has 4 aromatic rings. The minimum absolute atomic E-state index is 0.0200. The molecule has 0 spiro atoms. The van der Waals surface area contributed by atoms with E-state index in [4.69, 9.17) is 33.7 Å². The van der Waals surface area contributed by atoms with Crippen molar-refractivity contribution in [2.45, 2.75) is 121 Å². The van der Waals surface area contributed by atoms with Crippen LogP contribution in [0, 0.1) is 0 Å². The van der Waals surface area contributed by atoms with Crippen molar-refractivity contribution in [1.29, 1.82) is 0 Å². The number of aromatic nitrogens is 2. The Morgan fingerprint density at radius 2 is 1.52 bits per heavy atom. The number of aromatic amines is 1. The molecule has 0 unspecified atom stereocenters. The van der Waals surface area contributed by atoms with Gasteiger partial charge in [0.15, 0.2) is 0 Å². The summed E-state index contributed by atoms with van der Waals surface area (Å²) < 4.78 is 27.1. The lowest BCUT2D eigenvalue weighted by molar-refractivity contribution is -0.140. The van der Waals surface area contributed by atoms with E-state index in [2.05, 4.69) is 65.0 Å². The third-order valence-electron chi connectivity index (χ3n) is 13.5. The number of likely N-dealkylation sites (tertiary alicyclic amines) is 2. The smallest absolute Gasteiger partial charge is 0.407 e. The Hall–Kier alpha value is -6.00. The van der Waals surface area contributed by atoms with Gasteiger partial charge in [-0.05, 0) is 110 Å². The van der Waals surface area contributed by atoms with Crippen molar-refractivity contribution in [3.05, 3.63) is 65.6 Å². The number of methoxy groups -OCH3 is 4. The number of H-pyrrole nitrogens is 1. The quantitative estimate of drug-likeness (QED) is 0.138. The monoisotopic (exact) mass is 863 g/mol. The van der Waals surface area contributed by atoms with E-state index >= 15 is 0 Å². The van der Waals surface area contributed by atoms with Gasteiger partial charge in [-0.3, -0.25) is 14.6 Å². The first-order chi connectivity index (χ1) is 30.4. The molecule has 334 valence electrons. The maximum atomic E-state index is 14.1. The first kappa shape index (κ1) is 43.6. The molecule has 16 nitrogen and oxygen atoms in total. The van der Waals surface area contributed by atoms with Crippen LogP contribution >= 0.6 is 0 Å². The largest absolute Gasteiger partial charge is 0.488 e. The van der Waals surface area contributed by atoms with E-state index in [0.717, 1.165) is 93.5 Å². The third-order valence-corrected chi connectivity index (χ3v) is 13.5. The summed E-state index contributed by atoms with van der Waals surface area (Å²) in [4.78, 5) is 69.8. The first-order valence-corrected chi connectivity index (χ1v) is 21.8. The van der Waals surface area contributed by atoms with Gasteiger partial charge in [-0.25, -0.2) is 14.6 Å². The number of benzene rings is 3. The number of carbonyl (C=O) groups excluding carboxylic acids is 4. The average Bonchev–Trinajstić information content (AvgIpc) is 4.13. The number of ether oxygens (including phenoxy) is 5. The lowest BCUT2D eigenvalue weighted by atomic mass is 9.91. The molecule has 8 atom stereocenters. The van der Waals surface area contributed by atoms with Gasteiger partial charge < -0.3 is 49.1 Å². The number of amides is 4. The number of rotatable bonds is 12. The summed E-state index contributed by atoms with van der Waals surface area (Å²) in [5, 5.41) is 7.49. The molecule has 8 rings (SSSR count). The summed E-state index contributed by atoms with van der Waals surface area (Å²) >= 11 is 0. The highest BCUT2D eigenvalue weighted by Gasteiger charge is 2.45. The predicted octanol–water partition coefficient (Wildman–Crippen LogP) is 6.76. The van der Waals surface area contributed by atoms with Crippen LogP contribution in [0.15, 0.2) is 53.7 Å². The van der Waals surface area contributed by atoms with E-state index < -0.39 is 36.5 Å². The van der Waals surface area contributed by atoms with Gasteiger partial charge in [0.25, 0.3) is 0 Å². The van der Waals surface area contributed by atoms with E-state index in [0.29, 0.717) is 18.9 Å². The Balaban J connectivity index is 1.02. The lowest BCUT2D eigenvalue weighted by Crippen LogP contribution is -2.57. The molecule has 0 bridgehead atoms. The molecule has 2 fully saturated rings. The summed E-state index contributed by atoms with van der Waals surface area (Å²) in [7, 11) is 5.56. The maximum Gasteiger partial charge on any atom is 0.407 e. The van der Waals surface area contributed by atoms with Crippen LogP contribution in [0.25, 0.3) is 33.2 Å². The topological polar surface area (TPSA) is 186 Å². The SMILES string of the molecule is CC[C@H]1CC[C@@H](c2ncc(-c3ccc4c(c3)COc3cc5c6c(ccc5cc3-4)N=C([C@@H]3CC[C@H](C)N3C(=O)[C@@H](NC(=O)OC)[C@@H](C)OC)C6)[nH]2)N1C(=O)[C@@H](NC(=O)OC)[C@@H](C)OC. The highest BCUT2D eigenvalue weighted by molar-refractivity contribution is 6.06. The summed E-state index contributed by atoms with van der Waals surface area (Å²) in [6, 6.07) is 12.3. The van der Waals surface area contributed by atoms with Gasteiger partial charge in [-0.15, -0.1) is 0 Å². The van der Waals surface area contributed by atoms with Gasteiger partial charge in [-0.2, -0.15) is 0 Å². The molecule has 16 heteroatoms. The summed E-state index contributed by atoms with van der Waals surface area (Å²) in [5.74, 6) is 1.02. The van der Waals surface area contributed by atoms with Crippen molar-refractivity contribution in [3.63, 3.8) is 0 Å². The summed E-state index contributed by atoms with van der Waals surface area (Å²) in [6.07, 6.45) is 3.75. The molecule has 4 aliphatic heterocycles. The van der Waals surface area contributed by atoms with Crippen LogP contribution in [-0.2, 0) is 41.6 Å². The molecule has 0 saturated carbocycles. The first-order valence-electron chi connectivity index (χ1n) is 21.8. The van der Waals surface area contributed by atoms with Gasteiger partial charge in [0, 0.05) is 44.0 Å². The molecule has 0 aliphatic carbocycles. The van der Waals surface area contributed by atoms with Crippen molar-refractivity contribution in [2.75, 3.05) is 28.4 Å². The Labute approximate surface area is 367 Å². The number of hydrogen-bond donors (Lipinski definition) is 3. The van der Waals surface area contributed by atoms with Gasteiger partial charge >= 0.3 is 12.2 Å². The van der Waals surface area contributed by atoms with Gasteiger partial charge in [0.2, 0.25) is 11.8 Å². The van der Waals surface area contributed by atoms with E-state index in [-0.39, 0.29) is 36.0 Å². The Morgan fingerprint density at radius 1 is 0.841 bits per heavy atom. The highest BCUT2D eigenvalue weighted by Crippen LogP contribution is 2.45. The van der Waals surface area contributed by atoms with Crippen molar-refractivity contribution < 1.29 is 42.9 Å². The minimum Gasteiger partial charge on any atom is -0.488 e. The molecular weight excluding hydrogens is 807 g/mol. The standard InChI is InChI=1S/C47H57N7O9/c1-9-30-13-17-39(54(30)45(56)42(26(4)60-6)52-47(58)62-8)43-48-22-37(50-43)28-11-14-31-29(18-28)23-63-40-21-32-27(19-34(31)40)12-15-35-33(32)20-36(49-35)38-16-10-24(2)53(38)44(55)41(25(3)59-5)51-46(57)61-7/h11-12,14-15,18-19,21-22,24-26,30,38-39,41-42H,9-10,13,16-17,20,23H2,1-8H3,(H,48,50)(H,51,57)(H,52,58)/t24-,25+,26+,30-,38-,39-,41-,42-/m0/s1. The predicted molar refractivity (Wildman–Crippen MR) is 236 cm³/mol. The van der Waals surface area contributed by atoms with E-state index in [1.807, 2.05) is 22.9 Å². The van der Waals surface area contributed by atoms with Crippen LogP contribution in [0.2, 0.25) is 0 Å². The van der Waals surface area contributed by atoms with Crippen LogP contribution < -0.4 is 15.4 Å². The Kier molecular flexibility index (Phi) is 12.5. The normalized spacial score (nSPS) is 21.9. The fraction of sp³-hybridized carbons (Fsp3) is 0.489. The Morgan fingerprint density at radius 3 is 2.19 bits per heavy atom. The second-order valence-electron chi connectivity index (χ2n) is 17.0. The summed E-state index contributed by atoms with van der Waals surface area (Å²) in [5.41, 5.74) is 7.81. The number of fused-ring (bicyclic) bond motifs is 6. The van der Waals surface area contributed by atoms with Crippen molar-refractivity contribution in [3.8, 4) is 28.1 Å². The van der Waals surface area contributed by atoms with Crippen LogP contribution in [-0.4, -0.2) is 120 Å². The third kappa shape index (κ3) is 8.10. The molecule has 5 heterocycles. The van der Waals surface area contributed by atoms with Crippen LogP contribution in [0.5, 0.6) is 5.75 Å². The zero-order chi connectivity index (χ0) is 44.7. The van der Waals surface area contributed by atoms with E-state index in [1.165, 1.54) is 28.4 Å². The molecule has 4 amide bonds. The molecule has 4 aliphatic rings. The maximum absolute atomic E-state index is 14.1. The average molecular weight is 864 g/mol. The number of imidazole rings is 1. The zero-order valence-corrected chi connectivity index (χ0v) is 37.2. The molecule has 63 heavy (non-hydrogen) atoms.